The number of hydrogen-bond acceptors (Lipinski definition) is 2. The van der Waals surface area contributed by atoms with Gasteiger partial charge in [0, 0.05) is 17.0 Å². The van der Waals surface area contributed by atoms with Crippen LogP contribution in [-0.2, 0) is 0 Å². The van der Waals surface area contributed by atoms with E-state index < -0.39 is 0 Å². The zero-order valence-corrected chi connectivity index (χ0v) is 14.2. The van der Waals surface area contributed by atoms with Crippen molar-refractivity contribution >= 4 is 11.3 Å². The molecule has 2 heteroatoms. The summed E-state index contributed by atoms with van der Waals surface area (Å²) in [5.74, 6) is 0.926. The van der Waals surface area contributed by atoms with Gasteiger partial charge in [-0.1, -0.05) is 40.2 Å². The number of thiophene rings is 1. The molecule has 112 valence electrons. The van der Waals surface area contributed by atoms with E-state index in [0.717, 1.165) is 5.92 Å². The summed E-state index contributed by atoms with van der Waals surface area (Å²) in [4.78, 5) is 1.52. The van der Waals surface area contributed by atoms with Gasteiger partial charge < -0.3 is 5.32 Å². The molecule has 2 aliphatic carbocycles. The number of fused-ring (bicyclic) bond motifs is 2. The van der Waals surface area contributed by atoms with Crippen LogP contribution in [0.25, 0.3) is 0 Å². The lowest BCUT2D eigenvalue weighted by molar-refractivity contribution is 0.114. The SMILES string of the molecule is CCCC(NC1CC2CCC1(C)C2(C)C)c1cccs1. The summed E-state index contributed by atoms with van der Waals surface area (Å²) in [5.41, 5.74) is 0.998. The van der Waals surface area contributed by atoms with Gasteiger partial charge in [-0.3, -0.25) is 0 Å². The Morgan fingerprint density at radius 3 is 2.70 bits per heavy atom. The van der Waals surface area contributed by atoms with Gasteiger partial charge in [0.25, 0.3) is 0 Å². The maximum Gasteiger partial charge on any atom is 0.0416 e. The molecule has 0 amide bonds. The van der Waals surface area contributed by atoms with Crippen LogP contribution in [0.3, 0.4) is 0 Å². The van der Waals surface area contributed by atoms with E-state index in [0.29, 0.717) is 22.9 Å². The van der Waals surface area contributed by atoms with Crippen molar-refractivity contribution in [2.24, 2.45) is 16.7 Å². The van der Waals surface area contributed by atoms with Crippen molar-refractivity contribution in [3.63, 3.8) is 0 Å². The van der Waals surface area contributed by atoms with E-state index >= 15 is 0 Å². The summed E-state index contributed by atoms with van der Waals surface area (Å²) in [7, 11) is 0. The fraction of sp³-hybridized carbons (Fsp3) is 0.778. The molecule has 1 heterocycles. The molecule has 0 spiro atoms. The maximum atomic E-state index is 4.06. The Balaban J connectivity index is 1.77. The molecule has 1 N–H and O–H groups in total. The van der Waals surface area contributed by atoms with Crippen molar-refractivity contribution in [2.45, 2.75) is 71.9 Å². The third-order valence-electron chi connectivity index (χ3n) is 6.66. The summed E-state index contributed by atoms with van der Waals surface area (Å²) in [6.45, 7) is 9.85. The second kappa shape index (κ2) is 5.14. The van der Waals surface area contributed by atoms with Gasteiger partial charge in [-0.05, 0) is 53.9 Å². The Kier molecular flexibility index (Phi) is 3.75. The molecule has 0 saturated heterocycles. The summed E-state index contributed by atoms with van der Waals surface area (Å²) in [6.07, 6.45) is 6.75. The van der Waals surface area contributed by atoms with E-state index in [1.165, 1.54) is 37.0 Å². The monoisotopic (exact) mass is 291 g/mol. The van der Waals surface area contributed by atoms with Crippen LogP contribution < -0.4 is 5.32 Å². The number of rotatable bonds is 5. The van der Waals surface area contributed by atoms with Gasteiger partial charge in [0.05, 0.1) is 0 Å². The van der Waals surface area contributed by atoms with Crippen molar-refractivity contribution in [1.29, 1.82) is 0 Å². The summed E-state index contributed by atoms with van der Waals surface area (Å²) < 4.78 is 0. The topological polar surface area (TPSA) is 12.0 Å². The lowest BCUT2D eigenvalue weighted by atomic mass is 9.69. The molecule has 0 aliphatic heterocycles. The highest BCUT2D eigenvalue weighted by molar-refractivity contribution is 7.10. The minimum atomic E-state index is 0.487. The molecule has 2 fully saturated rings. The first kappa shape index (κ1) is 14.6. The first-order valence-corrected chi connectivity index (χ1v) is 9.16. The van der Waals surface area contributed by atoms with Crippen LogP contribution in [0.2, 0.25) is 0 Å². The quantitative estimate of drug-likeness (QED) is 0.766. The maximum absolute atomic E-state index is 4.06. The van der Waals surface area contributed by atoms with Crippen LogP contribution in [0, 0.1) is 16.7 Å². The summed E-state index contributed by atoms with van der Waals surface area (Å²) >= 11 is 1.91. The fourth-order valence-corrected chi connectivity index (χ4v) is 5.61. The molecule has 2 aliphatic rings. The van der Waals surface area contributed by atoms with Gasteiger partial charge in [0.1, 0.15) is 0 Å². The molecule has 0 aromatic carbocycles. The van der Waals surface area contributed by atoms with Crippen molar-refractivity contribution in [3.05, 3.63) is 22.4 Å². The van der Waals surface area contributed by atoms with Crippen LogP contribution in [0.5, 0.6) is 0 Å². The molecular weight excluding hydrogens is 262 g/mol. The van der Waals surface area contributed by atoms with Gasteiger partial charge in [-0.15, -0.1) is 11.3 Å². The smallest absolute Gasteiger partial charge is 0.0416 e. The Hall–Kier alpha value is -0.340. The van der Waals surface area contributed by atoms with Crippen molar-refractivity contribution < 1.29 is 0 Å². The summed E-state index contributed by atoms with van der Waals surface area (Å²) in [6, 6.07) is 5.77. The van der Waals surface area contributed by atoms with E-state index in [4.69, 9.17) is 0 Å². The van der Waals surface area contributed by atoms with E-state index in [-0.39, 0.29) is 0 Å². The highest BCUT2D eigenvalue weighted by Gasteiger charge is 2.61. The average Bonchev–Trinajstić information content (AvgIpc) is 3.04. The number of nitrogens with one attached hydrogen (secondary N) is 1. The van der Waals surface area contributed by atoms with Crippen LogP contribution in [0.1, 0.15) is 70.7 Å². The third-order valence-corrected chi connectivity index (χ3v) is 7.65. The molecule has 20 heavy (non-hydrogen) atoms. The first-order valence-electron chi connectivity index (χ1n) is 8.28. The molecule has 2 bridgehead atoms. The molecule has 3 rings (SSSR count). The molecule has 1 aromatic heterocycles. The van der Waals surface area contributed by atoms with Crippen LogP contribution in [-0.4, -0.2) is 6.04 Å². The standard InChI is InChI=1S/C18H29NS/c1-5-7-14(15-8-6-11-20-15)19-16-12-13-9-10-18(16,4)17(13,2)3/h6,8,11,13-14,16,19H,5,7,9-10,12H2,1-4H3. The molecule has 1 nitrogen and oxygen atoms in total. The van der Waals surface area contributed by atoms with Gasteiger partial charge in [-0.25, -0.2) is 0 Å². The molecular formula is C18H29NS. The average molecular weight is 292 g/mol. The normalized spacial score (nSPS) is 36.4. The predicted molar refractivity (Wildman–Crippen MR) is 88.1 cm³/mol. The number of hydrogen-bond donors (Lipinski definition) is 1. The van der Waals surface area contributed by atoms with Gasteiger partial charge in [0.2, 0.25) is 0 Å². The second-order valence-corrected chi connectivity index (χ2v) is 8.67. The Morgan fingerprint density at radius 2 is 2.20 bits per heavy atom. The highest BCUT2D eigenvalue weighted by Crippen LogP contribution is 2.65. The lowest BCUT2D eigenvalue weighted by Crippen LogP contribution is -2.45. The van der Waals surface area contributed by atoms with Crippen molar-refractivity contribution in [3.8, 4) is 0 Å². The van der Waals surface area contributed by atoms with Crippen molar-refractivity contribution in [2.75, 3.05) is 0 Å². The minimum absolute atomic E-state index is 0.487. The van der Waals surface area contributed by atoms with E-state index in [9.17, 15) is 0 Å². The van der Waals surface area contributed by atoms with E-state index in [1.807, 2.05) is 11.3 Å². The largest absolute Gasteiger partial charge is 0.306 e. The molecule has 0 radical (unpaired) electrons. The fourth-order valence-electron chi connectivity index (χ4n) is 4.78. The Labute approximate surface area is 128 Å². The lowest BCUT2D eigenvalue weighted by Gasteiger charge is -2.41. The molecule has 2 saturated carbocycles. The van der Waals surface area contributed by atoms with Gasteiger partial charge in [0.15, 0.2) is 0 Å². The highest BCUT2D eigenvalue weighted by atomic mass is 32.1. The Bertz CT molecular complexity index is 450. The first-order chi connectivity index (χ1) is 9.49. The van der Waals surface area contributed by atoms with Crippen molar-refractivity contribution in [1.82, 2.24) is 5.32 Å². The third kappa shape index (κ3) is 2.07. The zero-order valence-electron chi connectivity index (χ0n) is 13.4. The van der Waals surface area contributed by atoms with Crippen LogP contribution >= 0.6 is 11.3 Å². The predicted octanol–water partition coefficient (Wildman–Crippen LogP) is 5.39. The van der Waals surface area contributed by atoms with E-state index in [1.54, 1.807) is 0 Å². The minimum Gasteiger partial charge on any atom is -0.306 e. The second-order valence-electron chi connectivity index (χ2n) is 7.69. The van der Waals surface area contributed by atoms with Crippen LogP contribution in [0.4, 0.5) is 0 Å². The molecule has 1 aromatic rings. The summed E-state index contributed by atoms with van der Waals surface area (Å²) in [5, 5.41) is 6.27. The van der Waals surface area contributed by atoms with E-state index in [2.05, 4.69) is 50.5 Å². The molecule has 4 unspecified atom stereocenters. The zero-order chi connectivity index (χ0) is 14.4. The Morgan fingerprint density at radius 1 is 1.40 bits per heavy atom. The molecule has 4 atom stereocenters. The van der Waals surface area contributed by atoms with Crippen LogP contribution in [0.15, 0.2) is 17.5 Å². The van der Waals surface area contributed by atoms with Gasteiger partial charge in [-0.2, -0.15) is 0 Å². The van der Waals surface area contributed by atoms with Gasteiger partial charge >= 0.3 is 0 Å².